The SMILES string of the molecule is CCNC(=NCc1cccc(NC(=O)CC(C)C)c1)NCc1ccccc1Cn1cccn1. The van der Waals surface area contributed by atoms with Gasteiger partial charge in [-0.05, 0) is 47.7 Å². The van der Waals surface area contributed by atoms with Gasteiger partial charge in [0.15, 0.2) is 5.96 Å². The van der Waals surface area contributed by atoms with Crippen molar-refractivity contribution in [3.63, 3.8) is 0 Å². The second-order valence-corrected chi connectivity index (χ2v) is 8.37. The van der Waals surface area contributed by atoms with Crippen molar-refractivity contribution in [3.05, 3.63) is 83.7 Å². The van der Waals surface area contributed by atoms with E-state index in [0.29, 0.717) is 25.4 Å². The molecule has 174 valence electrons. The highest BCUT2D eigenvalue weighted by Gasteiger charge is 2.07. The number of aromatic nitrogens is 2. The number of rotatable bonds is 10. The van der Waals surface area contributed by atoms with Crippen LogP contribution >= 0.6 is 0 Å². The molecule has 1 aromatic heterocycles. The van der Waals surface area contributed by atoms with Crippen LogP contribution < -0.4 is 16.0 Å². The van der Waals surface area contributed by atoms with E-state index < -0.39 is 0 Å². The Labute approximate surface area is 196 Å². The van der Waals surface area contributed by atoms with E-state index in [9.17, 15) is 4.79 Å². The molecule has 0 spiro atoms. The van der Waals surface area contributed by atoms with Crippen LogP contribution in [0, 0.1) is 5.92 Å². The Balaban J connectivity index is 1.62. The van der Waals surface area contributed by atoms with Gasteiger partial charge in [-0.2, -0.15) is 5.10 Å². The van der Waals surface area contributed by atoms with E-state index in [1.807, 2.05) is 68.0 Å². The zero-order chi connectivity index (χ0) is 23.5. The molecule has 1 amide bonds. The minimum atomic E-state index is 0.0365. The average Bonchev–Trinajstić information content (AvgIpc) is 3.29. The van der Waals surface area contributed by atoms with E-state index in [2.05, 4.69) is 39.2 Å². The molecular weight excluding hydrogens is 412 g/mol. The summed E-state index contributed by atoms with van der Waals surface area (Å²) in [7, 11) is 0. The largest absolute Gasteiger partial charge is 0.357 e. The number of anilines is 1. The fraction of sp³-hybridized carbons (Fsp3) is 0.346. The first-order valence-electron chi connectivity index (χ1n) is 11.5. The topological polar surface area (TPSA) is 83.3 Å². The molecule has 33 heavy (non-hydrogen) atoms. The molecule has 0 aliphatic rings. The van der Waals surface area contributed by atoms with Gasteiger partial charge in [0.1, 0.15) is 0 Å². The van der Waals surface area contributed by atoms with Gasteiger partial charge in [-0.15, -0.1) is 0 Å². The van der Waals surface area contributed by atoms with E-state index in [1.54, 1.807) is 6.20 Å². The zero-order valence-corrected chi connectivity index (χ0v) is 19.7. The Morgan fingerprint density at radius 3 is 2.61 bits per heavy atom. The average molecular weight is 447 g/mol. The van der Waals surface area contributed by atoms with Crippen molar-refractivity contribution in [2.24, 2.45) is 10.9 Å². The summed E-state index contributed by atoms with van der Waals surface area (Å²) in [6, 6.07) is 18.1. The Kier molecular flexibility index (Phi) is 9.06. The van der Waals surface area contributed by atoms with Crippen LogP contribution in [0.15, 0.2) is 72.0 Å². The molecule has 0 unspecified atom stereocenters. The Morgan fingerprint density at radius 2 is 1.88 bits per heavy atom. The number of hydrogen-bond acceptors (Lipinski definition) is 3. The Hall–Kier alpha value is -3.61. The van der Waals surface area contributed by atoms with Crippen LogP contribution in [0.2, 0.25) is 0 Å². The number of nitrogens with zero attached hydrogens (tertiary/aromatic N) is 3. The van der Waals surface area contributed by atoms with Gasteiger partial charge < -0.3 is 16.0 Å². The summed E-state index contributed by atoms with van der Waals surface area (Å²) < 4.78 is 1.92. The van der Waals surface area contributed by atoms with Crippen molar-refractivity contribution in [2.45, 2.75) is 46.8 Å². The van der Waals surface area contributed by atoms with Crippen LogP contribution in [-0.2, 0) is 24.4 Å². The molecule has 0 aliphatic carbocycles. The zero-order valence-electron chi connectivity index (χ0n) is 19.7. The molecule has 7 heteroatoms. The second-order valence-electron chi connectivity index (χ2n) is 8.37. The van der Waals surface area contributed by atoms with Gasteiger partial charge in [0.25, 0.3) is 0 Å². The number of benzene rings is 2. The smallest absolute Gasteiger partial charge is 0.224 e. The first-order valence-corrected chi connectivity index (χ1v) is 11.5. The lowest BCUT2D eigenvalue weighted by Gasteiger charge is -2.14. The molecule has 0 radical (unpaired) electrons. The highest BCUT2D eigenvalue weighted by atomic mass is 16.1. The predicted molar refractivity (Wildman–Crippen MR) is 134 cm³/mol. The van der Waals surface area contributed by atoms with Crippen LogP contribution in [0.3, 0.4) is 0 Å². The fourth-order valence-electron chi connectivity index (χ4n) is 3.47. The van der Waals surface area contributed by atoms with Crippen molar-refractivity contribution in [3.8, 4) is 0 Å². The Morgan fingerprint density at radius 1 is 1.06 bits per heavy atom. The van der Waals surface area contributed by atoms with E-state index in [1.165, 1.54) is 11.1 Å². The van der Waals surface area contributed by atoms with Crippen molar-refractivity contribution in [2.75, 3.05) is 11.9 Å². The van der Waals surface area contributed by atoms with Crippen LogP contribution in [0.25, 0.3) is 0 Å². The molecule has 0 aliphatic heterocycles. The van der Waals surface area contributed by atoms with Crippen molar-refractivity contribution in [1.82, 2.24) is 20.4 Å². The third-order valence-corrected chi connectivity index (χ3v) is 5.02. The van der Waals surface area contributed by atoms with Gasteiger partial charge in [0, 0.05) is 37.6 Å². The number of nitrogens with one attached hydrogen (secondary N) is 3. The third-order valence-electron chi connectivity index (χ3n) is 5.02. The number of guanidine groups is 1. The number of amides is 1. The summed E-state index contributed by atoms with van der Waals surface area (Å²) in [5.41, 5.74) is 4.26. The number of carbonyl (C=O) groups is 1. The van der Waals surface area contributed by atoms with Gasteiger partial charge in [0.05, 0.1) is 13.1 Å². The summed E-state index contributed by atoms with van der Waals surface area (Å²) in [5.74, 6) is 1.12. The van der Waals surface area contributed by atoms with E-state index >= 15 is 0 Å². The normalized spacial score (nSPS) is 11.5. The molecule has 0 bridgehead atoms. The lowest BCUT2D eigenvalue weighted by atomic mass is 10.1. The first-order chi connectivity index (χ1) is 16.0. The highest BCUT2D eigenvalue weighted by molar-refractivity contribution is 5.90. The molecular formula is C26H34N6O. The maximum absolute atomic E-state index is 12.1. The van der Waals surface area contributed by atoms with E-state index in [0.717, 1.165) is 30.3 Å². The van der Waals surface area contributed by atoms with E-state index in [4.69, 9.17) is 4.99 Å². The number of carbonyl (C=O) groups excluding carboxylic acids is 1. The summed E-state index contributed by atoms with van der Waals surface area (Å²) >= 11 is 0. The minimum absolute atomic E-state index is 0.0365. The van der Waals surface area contributed by atoms with Crippen LogP contribution in [0.1, 0.15) is 43.9 Å². The van der Waals surface area contributed by atoms with E-state index in [-0.39, 0.29) is 5.91 Å². The predicted octanol–water partition coefficient (Wildman–Crippen LogP) is 4.17. The van der Waals surface area contributed by atoms with Crippen molar-refractivity contribution >= 4 is 17.6 Å². The summed E-state index contributed by atoms with van der Waals surface area (Å²) in [4.78, 5) is 16.8. The van der Waals surface area contributed by atoms with Gasteiger partial charge in [-0.25, -0.2) is 4.99 Å². The first kappa shape index (κ1) is 24.0. The summed E-state index contributed by atoms with van der Waals surface area (Å²) in [6.07, 6.45) is 4.27. The lowest BCUT2D eigenvalue weighted by molar-refractivity contribution is -0.116. The standard InChI is InChI=1S/C26H34N6O/c1-4-27-26(28-17-21-9-7-12-24(16-21)31-25(33)15-20(2)3)29-18-22-10-5-6-11-23(22)19-32-14-8-13-30-32/h5-14,16,20H,4,15,17-19H2,1-3H3,(H,31,33)(H2,27,28,29). The summed E-state index contributed by atoms with van der Waals surface area (Å²) in [6.45, 7) is 8.80. The molecule has 3 N–H and O–H groups in total. The molecule has 0 atom stereocenters. The molecule has 0 saturated heterocycles. The highest BCUT2D eigenvalue weighted by Crippen LogP contribution is 2.13. The number of aliphatic imine (C=N–C) groups is 1. The molecule has 1 heterocycles. The minimum Gasteiger partial charge on any atom is -0.357 e. The monoisotopic (exact) mass is 446 g/mol. The molecule has 0 fully saturated rings. The van der Waals surface area contributed by atoms with Crippen molar-refractivity contribution in [1.29, 1.82) is 0 Å². The Bertz CT molecular complexity index is 1040. The number of hydrogen-bond donors (Lipinski definition) is 3. The maximum Gasteiger partial charge on any atom is 0.224 e. The molecule has 3 rings (SSSR count). The van der Waals surface area contributed by atoms with Gasteiger partial charge in [-0.3, -0.25) is 9.48 Å². The fourth-order valence-corrected chi connectivity index (χ4v) is 3.47. The van der Waals surface area contributed by atoms with Gasteiger partial charge >= 0.3 is 0 Å². The van der Waals surface area contributed by atoms with Crippen LogP contribution in [-0.4, -0.2) is 28.2 Å². The second kappa shape index (κ2) is 12.4. The molecule has 7 nitrogen and oxygen atoms in total. The van der Waals surface area contributed by atoms with Crippen LogP contribution in [0.4, 0.5) is 5.69 Å². The maximum atomic E-state index is 12.1. The molecule has 0 saturated carbocycles. The lowest BCUT2D eigenvalue weighted by Crippen LogP contribution is -2.37. The van der Waals surface area contributed by atoms with Crippen molar-refractivity contribution < 1.29 is 4.79 Å². The van der Waals surface area contributed by atoms with Crippen LogP contribution in [0.5, 0.6) is 0 Å². The van der Waals surface area contributed by atoms with Gasteiger partial charge in [0.2, 0.25) is 5.91 Å². The van der Waals surface area contributed by atoms with Gasteiger partial charge in [-0.1, -0.05) is 50.2 Å². The molecule has 2 aromatic carbocycles. The third kappa shape index (κ3) is 8.11. The summed E-state index contributed by atoms with van der Waals surface area (Å²) in [5, 5.41) is 14.0. The quantitative estimate of drug-likeness (QED) is 0.322. The molecule has 3 aromatic rings.